The molecule has 0 saturated heterocycles. The minimum atomic E-state index is -1.69. The van der Waals surface area contributed by atoms with Crippen LogP contribution in [-0.2, 0) is 10.8 Å². The van der Waals surface area contributed by atoms with Gasteiger partial charge in [0.1, 0.15) is 0 Å². The Labute approximate surface area is 128 Å². The summed E-state index contributed by atoms with van der Waals surface area (Å²) in [5.74, 6) is 0. The van der Waals surface area contributed by atoms with Crippen LogP contribution in [0, 0.1) is 11.3 Å². The molecule has 4 heteroatoms. The molecule has 2 aromatic rings. The Kier molecular flexibility index (Phi) is 4.27. The van der Waals surface area contributed by atoms with Crippen LogP contribution < -0.4 is 0 Å². The molecule has 0 atom stereocenters. The summed E-state index contributed by atoms with van der Waals surface area (Å²) in [6.07, 6.45) is 2.90. The SMILES string of the molecule is CC(C)(C)[Si](C)(C)OCCc1c[nH]c2ccc(C#N)cc12. The highest BCUT2D eigenvalue weighted by Gasteiger charge is 2.36. The molecule has 0 aliphatic carbocycles. The topological polar surface area (TPSA) is 48.8 Å². The number of fused-ring (bicyclic) bond motifs is 1. The average Bonchev–Trinajstić information content (AvgIpc) is 2.79. The molecule has 0 radical (unpaired) electrons. The van der Waals surface area contributed by atoms with Gasteiger partial charge in [0.05, 0.1) is 11.6 Å². The second-order valence-corrected chi connectivity index (χ2v) is 11.9. The van der Waals surface area contributed by atoms with Gasteiger partial charge in [0.25, 0.3) is 0 Å². The minimum absolute atomic E-state index is 0.237. The van der Waals surface area contributed by atoms with Crippen molar-refractivity contribution >= 4 is 19.2 Å². The fourth-order valence-corrected chi connectivity index (χ4v) is 3.13. The Hall–Kier alpha value is -1.57. The second kappa shape index (κ2) is 5.67. The van der Waals surface area contributed by atoms with E-state index in [2.05, 4.69) is 44.9 Å². The predicted octanol–water partition coefficient (Wildman–Crippen LogP) is 4.60. The first-order chi connectivity index (χ1) is 9.74. The van der Waals surface area contributed by atoms with E-state index in [9.17, 15) is 0 Å². The lowest BCUT2D eigenvalue weighted by Crippen LogP contribution is -2.41. The normalized spacial score (nSPS) is 12.6. The standard InChI is InChI=1S/C17H24N2OSi/c1-17(2,3)21(4,5)20-9-8-14-12-19-16-7-6-13(11-18)10-15(14)16/h6-7,10,12,19H,8-9H2,1-5H3. The van der Waals surface area contributed by atoms with E-state index in [1.165, 1.54) is 5.56 Å². The number of H-pyrrole nitrogens is 1. The van der Waals surface area contributed by atoms with E-state index in [1.54, 1.807) is 0 Å². The molecule has 0 bridgehead atoms. The van der Waals surface area contributed by atoms with Gasteiger partial charge in [-0.1, -0.05) is 20.8 Å². The summed E-state index contributed by atoms with van der Waals surface area (Å²) >= 11 is 0. The largest absolute Gasteiger partial charge is 0.416 e. The number of benzene rings is 1. The molecule has 0 unspecified atom stereocenters. The third-order valence-corrected chi connectivity index (χ3v) is 9.08. The molecule has 1 heterocycles. The lowest BCUT2D eigenvalue weighted by molar-refractivity contribution is 0.292. The average molecular weight is 300 g/mol. The van der Waals surface area contributed by atoms with Gasteiger partial charge in [0, 0.05) is 23.7 Å². The maximum atomic E-state index is 9.02. The fraction of sp³-hybridized carbons (Fsp3) is 0.471. The summed E-state index contributed by atoms with van der Waals surface area (Å²) in [5.41, 5.74) is 3.01. The number of nitrogens with one attached hydrogen (secondary N) is 1. The molecule has 0 spiro atoms. The van der Waals surface area contributed by atoms with E-state index in [1.807, 2.05) is 24.4 Å². The number of rotatable bonds is 4. The maximum absolute atomic E-state index is 9.02. The van der Waals surface area contributed by atoms with Crippen LogP contribution in [0.5, 0.6) is 0 Å². The maximum Gasteiger partial charge on any atom is 0.191 e. The zero-order valence-electron chi connectivity index (χ0n) is 13.6. The number of aromatic amines is 1. The van der Waals surface area contributed by atoms with Crippen molar-refractivity contribution in [3.05, 3.63) is 35.5 Å². The van der Waals surface area contributed by atoms with Gasteiger partial charge in [-0.2, -0.15) is 5.26 Å². The van der Waals surface area contributed by atoms with E-state index in [4.69, 9.17) is 9.69 Å². The van der Waals surface area contributed by atoms with Crippen molar-refractivity contribution < 1.29 is 4.43 Å². The molecule has 1 aromatic heterocycles. The van der Waals surface area contributed by atoms with Crippen LogP contribution in [0.3, 0.4) is 0 Å². The molecule has 112 valence electrons. The molecule has 0 aliphatic rings. The Morgan fingerprint density at radius 2 is 2.00 bits per heavy atom. The van der Waals surface area contributed by atoms with E-state index < -0.39 is 8.32 Å². The van der Waals surface area contributed by atoms with Crippen molar-refractivity contribution in [1.29, 1.82) is 5.26 Å². The molecule has 1 N–H and O–H groups in total. The zero-order valence-corrected chi connectivity index (χ0v) is 14.6. The third kappa shape index (κ3) is 3.37. The Morgan fingerprint density at radius 3 is 2.62 bits per heavy atom. The summed E-state index contributed by atoms with van der Waals surface area (Å²) in [4.78, 5) is 3.26. The summed E-state index contributed by atoms with van der Waals surface area (Å²) in [7, 11) is -1.69. The molecular weight excluding hydrogens is 276 g/mol. The molecule has 0 saturated carbocycles. The van der Waals surface area contributed by atoms with E-state index in [0.717, 1.165) is 23.9 Å². The minimum Gasteiger partial charge on any atom is -0.416 e. The third-order valence-electron chi connectivity index (χ3n) is 4.54. The van der Waals surface area contributed by atoms with Crippen LogP contribution in [0.4, 0.5) is 0 Å². The molecule has 1 aromatic carbocycles. The van der Waals surface area contributed by atoms with Gasteiger partial charge in [0.2, 0.25) is 0 Å². The van der Waals surface area contributed by atoms with Gasteiger partial charge in [0.15, 0.2) is 8.32 Å². The summed E-state index contributed by atoms with van der Waals surface area (Å²) in [6.45, 7) is 12.0. The fourth-order valence-electron chi connectivity index (χ4n) is 2.09. The Balaban J connectivity index is 2.10. The van der Waals surface area contributed by atoms with Crippen molar-refractivity contribution in [2.45, 2.75) is 45.3 Å². The lowest BCUT2D eigenvalue weighted by atomic mass is 10.1. The predicted molar refractivity (Wildman–Crippen MR) is 89.9 cm³/mol. The van der Waals surface area contributed by atoms with Gasteiger partial charge >= 0.3 is 0 Å². The summed E-state index contributed by atoms with van der Waals surface area (Å²) in [6, 6.07) is 7.96. The number of aromatic nitrogens is 1. The van der Waals surface area contributed by atoms with E-state index in [0.29, 0.717) is 5.56 Å². The van der Waals surface area contributed by atoms with Crippen molar-refractivity contribution in [2.75, 3.05) is 6.61 Å². The Bertz CT molecular complexity index is 674. The van der Waals surface area contributed by atoms with E-state index >= 15 is 0 Å². The van der Waals surface area contributed by atoms with Crippen LogP contribution in [0.1, 0.15) is 31.9 Å². The summed E-state index contributed by atoms with van der Waals surface area (Å²) in [5, 5.41) is 10.4. The molecule has 0 fully saturated rings. The van der Waals surface area contributed by atoms with Gasteiger partial charge < -0.3 is 9.41 Å². The lowest BCUT2D eigenvalue weighted by Gasteiger charge is -2.36. The van der Waals surface area contributed by atoms with Crippen LogP contribution >= 0.6 is 0 Å². The number of hydrogen-bond donors (Lipinski definition) is 1. The molecule has 21 heavy (non-hydrogen) atoms. The van der Waals surface area contributed by atoms with Crippen molar-refractivity contribution in [2.24, 2.45) is 0 Å². The first-order valence-corrected chi connectivity index (χ1v) is 10.3. The molecule has 3 nitrogen and oxygen atoms in total. The number of nitrogens with zero attached hydrogens (tertiary/aromatic N) is 1. The van der Waals surface area contributed by atoms with Crippen LogP contribution in [0.2, 0.25) is 18.1 Å². The van der Waals surface area contributed by atoms with E-state index in [-0.39, 0.29) is 5.04 Å². The second-order valence-electron chi connectivity index (χ2n) is 7.04. The number of hydrogen-bond acceptors (Lipinski definition) is 2. The highest BCUT2D eigenvalue weighted by atomic mass is 28.4. The Morgan fingerprint density at radius 1 is 1.29 bits per heavy atom. The van der Waals surface area contributed by atoms with Crippen LogP contribution in [-0.4, -0.2) is 19.9 Å². The van der Waals surface area contributed by atoms with Gasteiger partial charge in [-0.15, -0.1) is 0 Å². The number of nitriles is 1. The van der Waals surface area contributed by atoms with Crippen molar-refractivity contribution in [3.63, 3.8) is 0 Å². The summed E-state index contributed by atoms with van der Waals surface area (Å²) < 4.78 is 6.23. The first-order valence-electron chi connectivity index (χ1n) is 7.39. The molecule has 0 amide bonds. The van der Waals surface area contributed by atoms with Crippen molar-refractivity contribution in [1.82, 2.24) is 4.98 Å². The monoisotopic (exact) mass is 300 g/mol. The smallest absolute Gasteiger partial charge is 0.191 e. The van der Waals surface area contributed by atoms with Crippen LogP contribution in [0.15, 0.2) is 24.4 Å². The van der Waals surface area contributed by atoms with Gasteiger partial charge in [-0.05, 0) is 48.3 Å². The van der Waals surface area contributed by atoms with Crippen LogP contribution in [0.25, 0.3) is 10.9 Å². The molecular formula is C17H24N2OSi. The van der Waals surface area contributed by atoms with Gasteiger partial charge in [-0.25, -0.2) is 0 Å². The zero-order chi connectivity index (χ0) is 15.7. The molecule has 0 aliphatic heterocycles. The quantitative estimate of drug-likeness (QED) is 0.839. The molecule has 2 rings (SSSR count). The highest BCUT2D eigenvalue weighted by Crippen LogP contribution is 2.36. The van der Waals surface area contributed by atoms with Gasteiger partial charge in [-0.3, -0.25) is 0 Å². The highest BCUT2D eigenvalue weighted by molar-refractivity contribution is 6.74. The van der Waals surface area contributed by atoms with Crippen molar-refractivity contribution in [3.8, 4) is 6.07 Å². The first kappa shape index (κ1) is 15.8.